The van der Waals surface area contributed by atoms with Crippen molar-refractivity contribution in [2.24, 2.45) is 0 Å². The molecule has 4 heteroatoms. The Kier molecular flexibility index (Phi) is 7.58. The number of benzene rings is 4. The van der Waals surface area contributed by atoms with E-state index in [2.05, 4.69) is 43.3 Å². The second-order valence-electron chi connectivity index (χ2n) is 8.52. The van der Waals surface area contributed by atoms with Crippen molar-refractivity contribution < 1.29 is 14.6 Å². The number of rotatable bonds is 8. The van der Waals surface area contributed by atoms with Gasteiger partial charge in [-0.15, -0.1) is 0 Å². The van der Waals surface area contributed by atoms with Crippen LogP contribution in [-0.2, 0) is 6.42 Å². The van der Waals surface area contributed by atoms with E-state index < -0.39 is 6.89 Å². The Morgan fingerprint density at radius 2 is 1.26 bits per heavy atom. The molecule has 0 aliphatic carbocycles. The molecular weight excluding hydrogens is 451 g/mol. The number of methoxy groups -OCH3 is 1. The molecule has 0 saturated carbocycles. The molecule has 0 amide bonds. The Hall–Kier alpha value is -3.55. The van der Waals surface area contributed by atoms with Gasteiger partial charge in [0.05, 0.1) is 12.7 Å². The number of aryl methyl sites for hydroxylation is 1. The summed E-state index contributed by atoms with van der Waals surface area (Å²) in [6.07, 6.45) is 1.52. The average Bonchev–Trinajstić information content (AvgIpc) is 2.92. The zero-order chi connectivity index (χ0) is 24.8. The van der Waals surface area contributed by atoms with E-state index in [1.807, 2.05) is 67.6 Å². The molecule has 4 aromatic rings. The lowest BCUT2D eigenvalue weighted by atomic mass is 10.0. The van der Waals surface area contributed by atoms with Gasteiger partial charge in [-0.1, -0.05) is 104 Å². The number of carbonyl (C=O) groups is 1. The average molecular weight is 483 g/mol. The summed E-state index contributed by atoms with van der Waals surface area (Å²) >= 11 is 0. The molecule has 4 rings (SSSR count). The number of Topliss-reactive ketones (excluding diaryl/α,β-unsaturated/α-hetero) is 1. The minimum atomic E-state index is -2.52. The zero-order valence-electron chi connectivity index (χ0n) is 20.4. The van der Waals surface area contributed by atoms with E-state index >= 15 is 0 Å². The molecule has 35 heavy (non-hydrogen) atoms. The maximum absolute atomic E-state index is 14.3. The van der Waals surface area contributed by atoms with E-state index in [-0.39, 0.29) is 17.1 Å². The molecule has 178 valence electrons. The predicted molar refractivity (Wildman–Crippen MR) is 149 cm³/mol. The van der Waals surface area contributed by atoms with E-state index in [4.69, 9.17) is 4.74 Å². The molecule has 0 bridgehead atoms. The van der Waals surface area contributed by atoms with Crippen LogP contribution in [0.5, 0.6) is 11.5 Å². The van der Waals surface area contributed by atoms with Gasteiger partial charge in [0.2, 0.25) is 0 Å². The van der Waals surface area contributed by atoms with Crippen LogP contribution in [0.4, 0.5) is 0 Å². The van der Waals surface area contributed by atoms with Gasteiger partial charge in [0, 0.05) is 5.29 Å². The van der Waals surface area contributed by atoms with E-state index in [0.29, 0.717) is 17.5 Å². The quantitative estimate of drug-likeness (QED) is 0.258. The summed E-state index contributed by atoms with van der Waals surface area (Å²) in [5, 5.41) is 15.2. The van der Waals surface area contributed by atoms with Gasteiger partial charge >= 0.3 is 0 Å². The fraction of sp³-hybridized carbons (Fsp3) is 0.161. The predicted octanol–water partition coefficient (Wildman–Crippen LogP) is 5.72. The third-order valence-electron chi connectivity index (χ3n) is 6.42. The van der Waals surface area contributed by atoms with Crippen molar-refractivity contribution in [2.45, 2.75) is 26.7 Å². The fourth-order valence-corrected chi connectivity index (χ4v) is 9.09. The van der Waals surface area contributed by atoms with Gasteiger partial charge in [-0.05, 0) is 53.8 Å². The summed E-state index contributed by atoms with van der Waals surface area (Å²) in [6, 6.07) is 34.3. The van der Waals surface area contributed by atoms with Crippen molar-refractivity contribution in [3.63, 3.8) is 0 Å². The Bertz CT molecular complexity index is 1260. The van der Waals surface area contributed by atoms with Crippen LogP contribution in [0.2, 0.25) is 0 Å². The number of ketones is 1. The minimum absolute atomic E-state index is 0.0456. The van der Waals surface area contributed by atoms with Crippen LogP contribution in [0.15, 0.2) is 103 Å². The summed E-state index contributed by atoms with van der Waals surface area (Å²) in [5.74, 6) is 0.457. The van der Waals surface area contributed by atoms with Crippen molar-refractivity contribution in [1.29, 1.82) is 0 Å². The van der Waals surface area contributed by atoms with Crippen molar-refractivity contribution in [2.75, 3.05) is 7.11 Å². The first-order valence-electron chi connectivity index (χ1n) is 11.9. The number of hydrogen-bond acceptors (Lipinski definition) is 3. The van der Waals surface area contributed by atoms with Crippen molar-refractivity contribution >= 4 is 33.9 Å². The lowest BCUT2D eigenvalue weighted by Crippen LogP contribution is -2.32. The zero-order valence-corrected chi connectivity index (χ0v) is 21.3. The highest BCUT2D eigenvalue weighted by Crippen LogP contribution is 2.47. The minimum Gasteiger partial charge on any atom is -0.507 e. The van der Waals surface area contributed by atoms with E-state index in [9.17, 15) is 9.90 Å². The summed E-state index contributed by atoms with van der Waals surface area (Å²) in [7, 11) is 1.59. The SMILES string of the molecule is CCCc1cc(OC)cc(C(=O)C(C)=P(c2ccccc2)(c2ccccc2)c2ccccc2)c1O. The van der Waals surface area contributed by atoms with Crippen LogP contribution in [-0.4, -0.2) is 23.3 Å². The van der Waals surface area contributed by atoms with Gasteiger partial charge < -0.3 is 9.84 Å². The first-order valence-corrected chi connectivity index (χ1v) is 13.7. The van der Waals surface area contributed by atoms with Gasteiger partial charge in [-0.2, -0.15) is 0 Å². The third kappa shape index (κ3) is 4.57. The lowest BCUT2D eigenvalue weighted by Gasteiger charge is -2.31. The molecule has 0 aliphatic heterocycles. The molecule has 0 fully saturated rings. The van der Waals surface area contributed by atoms with Crippen molar-refractivity contribution in [3.8, 4) is 11.5 Å². The van der Waals surface area contributed by atoms with Crippen molar-refractivity contribution in [3.05, 3.63) is 114 Å². The smallest absolute Gasteiger partial charge is 0.193 e. The standard InChI is InChI=1S/C31H31O3P/c1-4-14-24-21-25(34-3)22-29(31(24)33)30(32)23(2)35(26-15-8-5-9-16-26,27-17-10-6-11-18-27)28-19-12-7-13-20-28/h5-13,15-22,33H,4,14H2,1-3H3. The Balaban J connectivity index is 2.13. The third-order valence-corrected chi connectivity index (χ3v) is 10.9. The van der Waals surface area contributed by atoms with Crippen LogP contribution < -0.4 is 20.7 Å². The molecule has 0 aliphatic rings. The molecule has 1 N–H and O–H groups in total. The van der Waals surface area contributed by atoms with Crippen LogP contribution in [0.25, 0.3) is 0 Å². The molecule has 0 atom stereocenters. The highest BCUT2D eigenvalue weighted by atomic mass is 31.2. The molecule has 0 heterocycles. The first kappa shape index (κ1) is 24.6. The Labute approximate surface area is 208 Å². The van der Waals surface area contributed by atoms with Crippen LogP contribution in [0.1, 0.15) is 36.2 Å². The molecule has 0 spiro atoms. The molecule has 3 nitrogen and oxygen atoms in total. The summed E-state index contributed by atoms with van der Waals surface area (Å²) in [5.41, 5.74) is 1.02. The summed E-state index contributed by atoms with van der Waals surface area (Å²) in [6.45, 7) is 1.46. The molecule has 0 radical (unpaired) electrons. The molecule has 0 unspecified atom stereocenters. The number of carbonyl (C=O) groups excluding carboxylic acids is 1. The van der Waals surface area contributed by atoms with Gasteiger partial charge in [-0.3, -0.25) is 4.79 Å². The highest BCUT2D eigenvalue weighted by Gasteiger charge is 2.32. The molecule has 0 saturated heterocycles. The number of hydrogen-bond donors (Lipinski definition) is 1. The Morgan fingerprint density at radius 1 is 0.800 bits per heavy atom. The summed E-state index contributed by atoms with van der Waals surface area (Å²) < 4.78 is 5.50. The largest absolute Gasteiger partial charge is 0.507 e. The molecular formula is C31H31O3P. The lowest BCUT2D eigenvalue weighted by molar-refractivity contribution is 0.106. The maximum atomic E-state index is 14.3. The van der Waals surface area contributed by atoms with Crippen molar-refractivity contribution in [1.82, 2.24) is 0 Å². The normalized spacial score (nSPS) is 11.2. The second-order valence-corrected chi connectivity index (χ2v) is 12.1. The van der Waals surface area contributed by atoms with E-state index in [1.54, 1.807) is 13.2 Å². The molecule has 0 aromatic heterocycles. The topological polar surface area (TPSA) is 46.5 Å². The van der Waals surface area contributed by atoms with Crippen LogP contribution >= 0.6 is 6.89 Å². The van der Waals surface area contributed by atoms with E-state index in [1.165, 1.54) is 0 Å². The van der Waals surface area contributed by atoms with Gasteiger partial charge in [0.1, 0.15) is 11.5 Å². The fourth-order valence-electron chi connectivity index (χ4n) is 4.75. The number of phenols is 1. The number of ether oxygens (including phenoxy) is 1. The van der Waals surface area contributed by atoms with Gasteiger partial charge in [0.25, 0.3) is 0 Å². The second kappa shape index (κ2) is 10.8. The summed E-state index contributed by atoms with van der Waals surface area (Å²) in [4.78, 5) is 14.3. The maximum Gasteiger partial charge on any atom is 0.193 e. The highest BCUT2D eigenvalue weighted by molar-refractivity contribution is 7.96. The first-order chi connectivity index (χ1) is 17.0. The van der Waals surface area contributed by atoms with Crippen LogP contribution in [0, 0.1) is 0 Å². The van der Waals surface area contributed by atoms with E-state index in [0.717, 1.165) is 27.9 Å². The van der Waals surface area contributed by atoms with Crippen LogP contribution in [0.3, 0.4) is 0 Å². The monoisotopic (exact) mass is 482 g/mol. The molecule has 4 aromatic carbocycles. The van der Waals surface area contributed by atoms with Gasteiger partial charge in [0.15, 0.2) is 5.78 Å². The number of phenolic OH excluding ortho intramolecular Hbond substituents is 1. The number of aromatic hydroxyl groups is 1. The Morgan fingerprint density at radius 3 is 1.66 bits per heavy atom. The van der Waals surface area contributed by atoms with Gasteiger partial charge in [-0.25, -0.2) is 0 Å².